The molecule has 5 nitrogen and oxygen atoms in total. The molecule has 23 heavy (non-hydrogen) atoms. The highest BCUT2D eigenvalue weighted by molar-refractivity contribution is 5.74. The monoisotopic (exact) mass is 337 g/mol. The summed E-state index contributed by atoms with van der Waals surface area (Å²) in [4.78, 5) is 15.7. The molecule has 0 spiro atoms. The van der Waals surface area contributed by atoms with Gasteiger partial charge in [0.25, 0.3) is 0 Å². The van der Waals surface area contributed by atoms with Gasteiger partial charge in [0.1, 0.15) is 0 Å². The summed E-state index contributed by atoms with van der Waals surface area (Å²) in [6.45, 7) is 5.28. The number of carbonyl (C=O) groups is 1. The summed E-state index contributed by atoms with van der Waals surface area (Å²) in [7, 11) is 0. The fraction of sp³-hybridized carbons (Fsp3) is 0.933. The molecule has 2 N–H and O–H groups in total. The molecule has 1 aliphatic heterocycles. The number of halogens is 3. The number of rotatable bonds is 5. The van der Waals surface area contributed by atoms with Gasteiger partial charge >= 0.3 is 12.2 Å². The number of hydrogen-bond donors (Lipinski definition) is 2. The molecule has 134 valence electrons. The third-order valence-electron chi connectivity index (χ3n) is 4.73. The van der Waals surface area contributed by atoms with Gasteiger partial charge in [-0.05, 0) is 26.7 Å². The third-order valence-corrected chi connectivity index (χ3v) is 4.73. The lowest BCUT2D eigenvalue weighted by atomic mass is 9.91. The Bertz CT molecular complexity index is 415. The summed E-state index contributed by atoms with van der Waals surface area (Å²) in [6.07, 6.45) is -3.20. The largest absolute Gasteiger partial charge is 0.417 e. The lowest BCUT2D eigenvalue weighted by molar-refractivity contribution is -0.271. The molecule has 0 aromatic heterocycles. The number of nitrogens with zero attached hydrogens (tertiary/aromatic N) is 2. The second-order valence-corrected chi connectivity index (χ2v) is 6.81. The molecule has 1 saturated heterocycles. The van der Waals surface area contributed by atoms with Gasteiger partial charge in [-0.1, -0.05) is 0 Å². The summed E-state index contributed by atoms with van der Waals surface area (Å²) < 4.78 is 38.2. The SMILES string of the molecule is CC(C)N(CCNC(=O)N1CCC(O)(C(F)(F)F)CC1)C1CC1. The Labute approximate surface area is 134 Å². The third kappa shape index (κ3) is 4.50. The molecule has 0 unspecified atom stereocenters. The van der Waals surface area contributed by atoms with Crippen LogP contribution in [0.1, 0.15) is 39.5 Å². The minimum absolute atomic E-state index is 0.0850. The van der Waals surface area contributed by atoms with Crippen molar-refractivity contribution in [1.82, 2.24) is 15.1 Å². The maximum atomic E-state index is 12.7. The Hall–Kier alpha value is -1.02. The van der Waals surface area contributed by atoms with E-state index in [4.69, 9.17) is 0 Å². The second kappa shape index (κ2) is 6.84. The molecule has 0 radical (unpaired) electrons. The zero-order chi connectivity index (χ0) is 17.3. The van der Waals surface area contributed by atoms with Crippen LogP contribution >= 0.6 is 0 Å². The number of aliphatic hydroxyl groups is 1. The van der Waals surface area contributed by atoms with Gasteiger partial charge in [0.15, 0.2) is 5.60 Å². The molecule has 0 bridgehead atoms. The van der Waals surface area contributed by atoms with Gasteiger partial charge < -0.3 is 15.3 Å². The van der Waals surface area contributed by atoms with E-state index in [-0.39, 0.29) is 19.1 Å². The van der Waals surface area contributed by atoms with E-state index in [9.17, 15) is 23.1 Å². The van der Waals surface area contributed by atoms with Crippen LogP contribution in [0.5, 0.6) is 0 Å². The first-order valence-electron chi connectivity index (χ1n) is 8.22. The normalized spacial score (nSPS) is 21.8. The van der Waals surface area contributed by atoms with E-state index >= 15 is 0 Å². The summed E-state index contributed by atoms with van der Waals surface area (Å²) >= 11 is 0. The number of amides is 2. The molecular weight excluding hydrogens is 311 g/mol. The number of alkyl halides is 3. The van der Waals surface area contributed by atoms with E-state index in [0.29, 0.717) is 18.6 Å². The summed E-state index contributed by atoms with van der Waals surface area (Å²) in [6, 6.07) is 0.661. The van der Waals surface area contributed by atoms with Crippen LogP contribution < -0.4 is 5.32 Å². The Balaban J connectivity index is 1.73. The van der Waals surface area contributed by atoms with Crippen LogP contribution in [0.2, 0.25) is 0 Å². The van der Waals surface area contributed by atoms with Crippen molar-refractivity contribution in [1.29, 1.82) is 0 Å². The van der Waals surface area contributed by atoms with Crippen molar-refractivity contribution in [2.24, 2.45) is 0 Å². The minimum Gasteiger partial charge on any atom is -0.380 e. The van der Waals surface area contributed by atoms with E-state index in [0.717, 1.165) is 6.54 Å². The van der Waals surface area contributed by atoms with Crippen molar-refractivity contribution in [2.45, 2.75) is 63.4 Å². The molecule has 2 rings (SSSR count). The molecule has 1 aliphatic carbocycles. The molecule has 1 saturated carbocycles. The number of urea groups is 1. The molecule has 2 amide bonds. The molecule has 0 atom stereocenters. The quantitative estimate of drug-likeness (QED) is 0.806. The first kappa shape index (κ1) is 18.3. The fourth-order valence-electron chi connectivity index (χ4n) is 3.04. The van der Waals surface area contributed by atoms with Gasteiger partial charge in [0.05, 0.1) is 0 Å². The Morgan fingerprint density at radius 2 is 1.91 bits per heavy atom. The Morgan fingerprint density at radius 3 is 2.35 bits per heavy atom. The standard InChI is InChI=1S/C15H26F3N3O2/c1-11(2)21(12-3-4-12)10-7-19-13(22)20-8-5-14(23,6-9-20)15(16,17)18/h11-12,23H,3-10H2,1-2H3,(H,19,22). The van der Waals surface area contributed by atoms with Crippen molar-refractivity contribution in [3.8, 4) is 0 Å². The van der Waals surface area contributed by atoms with Crippen LogP contribution in [-0.4, -0.2) is 71.0 Å². The van der Waals surface area contributed by atoms with E-state index in [1.165, 1.54) is 17.7 Å². The molecule has 1 heterocycles. The topological polar surface area (TPSA) is 55.8 Å². The van der Waals surface area contributed by atoms with Gasteiger partial charge in [0.2, 0.25) is 0 Å². The van der Waals surface area contributed by atoms with Crippen LogP contribution in [0.15, 0.2) is 0 Å². The molecule has 0 aromatic rings. The number of piperidine rings is 1. The first-order chi connectivity index (χ1) is 10.6. The highest BCUT2D eigenvalue weighted by atomic mass is 19.4. The predicted molar refractivity (Wildman–Crippen MR) is 80.1 cm³/mol. The minimum atomic E-state index is -4.64. The fourth-order valence-corrected chi connectivity index (χ4v) is 3.04. The van der Waals surface area contributed by atoms with Gasteiger partial charge in [-0.2, -0.15) is 13.2 Å². The van der Waals surface area contributed by atoms with Crippen LogP contribution in [0, 0.1) is 0 Å². The van der Waals surface area contributed by atoms with Crippen LogP contribution in [-0.2, 0) is 0 Å². The van der Waals surface area contributed by atoms with Gasteiger partial charge in [-0.15, -0.1) is 0 Å². The number of nitrogens with one attached hydrogen (secondary N) is 1. The van der Waals surface area contributed by atoms with Crippen molar-refractivity contribution < 1.29 is 23.1 Å². The Morgan fingerprint density at radius 1 is 1.35 bits per heavy atom. The molecule has 2 fully saturated rings. The van der Waals surface area contributed by atoms with Gasteiger partial charge in [0, 0.05) is 51.1 Å². The van der Waals surface area contributed by atoms with Crippen molar-refractivity contribution in [3.05, 3.63) is 0 Å². The summed E-state index contributed by atoms with van der Waals surface area (Å²) in [5, 5.41) is 12.4. The predicted octanol–water partition coefficient (Wildman–Crippen LogP) is 1.96. The average Bonchev–Trinajstić information content (AvgIpc) is 3.27. The summed E-state index contributed by atoms with van der Waals surface area (Å²) in [5.41, 5.74) is -2.66. The highest BCUT2D eigenvalue weighted by Gasteiger charge is 2.54. The number of carbonyl (C=O) groups excluding carboxylic acids is 1. The van der Waals surface area contributed by atoms with E-state index in [1.54, 1.807) is 0 Å². The number of hydrogen-bond acceptors (Lipinski definition) is 3. The Kier molecular flexibility index (Phi) is 5.45. The highest BCUT2D eigenvalue weighted by Crippen LogP contribution is 2.38. The van der Waals surface area contributed by atoms with Gasteiger partial charge in [-0.3, -0.25) is 4.90 Å². The molecular formula is C15H26F3N3O2. The zero-order valence-electron chi connectivity index (χ0n) is 13.7. The maximum absolute atomic E-state index is 12.7. The lowest BCUT2D eigenvalue weighted by Crippen LogP contribution is -2.56. The second-order valence-electron chi connectivity index (χ2n) is 6.81. The molecule has 8 heteroatoms. The van der Waals surface area contributed by atoms with E-state index < -0.39 is 24.6 Å². The molecule has 2 aliphatic rings. The zero-order valence-corrected chi connectivity index (χ0v) is 13.7. The van der Waals surface area contributed by atoms with E-state index in [1.807, 2.05) is 0 Å². The van der Waals surface area contributed by atoms with Crippen LogP contribution in [0.3, 0.4) is 0 Å². The lowest BCUT2D eigenvalue weighted by Gasteiger charge is -2.39. The van der Waals surface area contributed by atoms with E-state index in [2.05, 4.69) is 24.1 Å². The van der Waals surface area contributed by atoms with Crippen molar-refractivity contribution in [3.63, 3.8) is 0 Å². The van der Waals surface area contributed by atoms with Crippen molar-refractivity contribution in [2.75, 3.05) is 26.2 Å². The maximum Gasteiger partial charge on any atom is 0.417 e. The van der Waals surface area contributed by atoms with Crippen LogP contribution in [0.4, 0.5) is 18.0 Å². The van der Waals surface area contributed by atoms with Gasteiger partial charge in [-0.25, -0.2) is 4.79 Å². The average molecular weight is 337 g/mol. The number of likely N-dealkylation sites (tertiary alicyclic amines) is 1. The first-order valence-corrected chi connectivity index (χ1v) is 8.22. The van der Waals surface area contributed by atoms with Crippen molar-refractivity contribution >= 4 is 6.03 Å². The molecule has 0 aromatic carbocycles. The smallest absolute Gasteiger partial charge is 0.380 e. The van der Waals surface area contributed by atoms with Crippen LogP contribution in [0.25, 0.3) is 0 Å². The summed E-state index contributed by atoms with van der Waals surface area (Å²) in [5.74, 6) is 0.